The van der Waals surface area contributed by atoms with Crippen LogP contribution in [0, 0.1) is 11.6 Å². The molecule has 3 aromatic rings. The van der Waals surface area contributed by atoms with Gasteiger partial charge in [-0.2, -0.15) is 5.10 Å². The summed E-state index contributed by atoms with van der Waals surface area (Å²) in [5.74, 6) is -0.653. The Morgan fingerprint density at radius 1 is 1.23 bits per heavy atom. The van der Waals surface area contributed by atoms with Gasteiger partial charge in [-0.05, 0) is 37.1 Å². The van der Waals surface area contributed by atoms with Crippen LogP contribution in [-0.2, 0) is 18.1 Å². The van der Waals surface area contributed by atoms with E-state index in [1.807, 2.05) is 6.07 Å². The first kappa shape index (κ1) is 21.7. The predicted molar refractivity (Wildman–Crippen MR) is 119 cm³/mol. The van der Waals surface area contributed by atoms with Crippen molar-refractivity contribution in [2.75, 3.05) is 12.3 Å². The molecule has 1 aliphatic rings. The molecule has 2 N–H and O–H groups in total. The molecule has 0 saturated heterocycles. The monoisotopic (exact) mass is 446 g/mol. The molecule has 31 heavy (non-hydrogen) atoms. The third-order valence-electron chi connectivity index (χ3n) is 5.36. The van der Waals surface area contributed by atoms with E-state index in [0.29, 0.717) is 25.0 Å². The summed E-state index contributed by atoms with van der Waals surface area (Å²) in [5, 5.41) is 5.62. The first-order valence-electron chi connectivity index (χ1n) is 10.5. The highest BCUT2D eigenvalue weighted by molar-refractivity contribution is 6.76. The maximum atomic E-state index is 14.1. The molecule has 6 nitrogen and oxygen atoms in total. The number of hydrogen-bond donors (Lipinski definition) is 1. The van der Waals surface area contributed by atoms with Crippen molar-refractivity contribution in [3.63, 3.8) is 0 Å². The van der Waals surface area contributed by atoms with Gasteiger partial charge in [-0.3, -0.25) is 0 Å². The van der Waals surface area contributed by atoms with Crippen LogP contribution >= 0.6 is 0 Å². The molecule has 1 saturated carbocycles. The highest BCUT2D eigenvalue weighted by atomic mass is 28.3. The number of hydrogen-bond acceptors (Lipinski definition) is 5. The van der Waals surface area contributed by atoms with Crippen molar-refractivity contribution < 1.29 is 18.3 Å². The smallest absolute Gasteiger partial charge is 0.160 e. The largest absolute Gasteiger partial charge is 0.487 e. The van der Waals surface area contributed by atoms with E-state index in [0.717, 1.165) is 41.7 Å². The number of ether oxygens (including phenoxy) is 2. The molecule has 1 aromatic carbocycles. The molecular formula is C22H28F2N4O2Si. The van der Waals surface area contributed by atoms with E-state index >= 15 is 0 Å². The van der Waals surface area contributed by atoms with Crippen molar-refractivity contribution in [3.8, 4) is 5.75 Å². The fourth-order valence-electron chi connectivity index (χ4n) is 3.32. The molecule has 2 aromatic heterocycles. The number of fused-ring (bicyclic) bond motifs is 1. The van der Waals surface area contributed by atoms with E-state index in [2.05, 4.69) is 24.6 Å². The number of nitrogens with zero attached hydrogens (tertiary/aromatic N) is 3. The molecular weight excluding hydrogens is 418 g/mol. The number of rotatable bonds is 9. The molecule has 0 atom stereocenters. The Labute approximate surface area is 181 Å². The minimum Gasteiger partial charge on any atom is -0.487 e. The van der Waals surface area contributed by atoms with Crippen molar-refractivity contribution in [2.24, 2.45) is 0 Å². The number of aromatic nitrogens is 3. The van der Waals surface area contributed by atoms with Gasteiger partial charge < -0.3 is 15.2 Å². The van der Waals surface area contributed by atoms with E-state index in [-0.39, 0.29) is 17.9 Å². The minimum atomic E-state index is -1.16. The zero-order valence-corrected chi connectivity index (χ0v) is 19.1. The second-order valence-electron chi connectivity index (χ2n) is 9.27. The number of pyridine rings is 1. The summed E-state index contributed by atoms with van der Waals surface area (Å²) < 4.78 is 41.4. The lowest BCUT2D eigenvalue weighted by molar-refractivity contribution is 0.0810. The Kier molecular flexibility index (Phi) is 5.98. The number of anilines is 1. The van der Waals surface area contributed by atoms with Gasteiger partial charge in [-0.1, -0.05) is 19.6 Å². The fourth-order valence-corrected chi connectivity index (χ4v) is 4.08. The quantitative estimate of drug-likeness (QED) is 0.282. The summed E-state index contributed by atoms with van der Waals surface area (Å²) in [5.41, 5.74) is 6.93. The van der Waals surface area contributed by atoms with Gasteiger partial charge in [0.2, 0.25) is 0 Å². The van der Waals surface area contributed by atoms with Gasteiger partial charge in [-0.15, -0.1) is 0 Å². The van der Waals surface area contributed by atoms with Crippen LogP contribution in [0.3, 0.4) is 0 Å². The van der Waals surface area contributed by atoms with E-state index in [9.17, 15) is 8.78 Å². The Bertz CT molecular complexity index is 1090. The van der Waals surface area contributed by atoms with Crippen molar-refractivity contribution >= 4 is 24.8 Å². The number of halogens is 2. The van der Waals surface area contributed by atoms with Crippen LogP contribution in [0.2, 0.25) is 25.7 Å². The standard InChI is InChI=1S/C22H28F2N4O2Si/c1-31(2,3)9-8-29-13-28-22-16(21(27-28)14-4-5-14)10-15(11-26-22)30-12-17-18(23)6-7-19(25)20(17)24/h6-7,10-11,14H,4-5,8-9,12-13,25H2,1-3H3. The molecule has 1 aliphatic carbocycles. The topological polar surface area (TPSA) is 75.2 Å². The molecule has 0 spiro atoms. The van der Waals surface area contributed by atoms with Gasteiger partial charge in [0.25, 0.3) is 0 Å². The summed E-state index contributed by atoms with van der Waals surface area (Å²) in [6.07, 6.45) is 3.72. The van der Waals surface area contributed by atoms with Gasteiger partial charge in [-0.25, -0.2) is 18.4 Å². The normalized spacial score (nSPS) is 14.4. The number of nitrogens with two attached hydrogens (primary N) is 1. The molecule has 0 bridgehead atoms. The maximum absolute atomic E-state index is 14.1. The first-order valence-corrected chi connectivity index (χ1v) is 14.2. The minimum absolute atomic E-state index is 0.111. The molecule has 0 unspecified atom stereocenters. The molecule has 2 heterocycles. The molecule has 4 rings (SSSR count). The summed E-state index contributed by atoms with van der Waals surface area (Å²) in [4.78, 5) is 4.51. The Morgan fingerprint density at radius 3 is 2.71 bits per heavy atom. The Hall–Kier alpha value is -2.52. The second-order valence-corrected chi connectivity index (χ2v) is 14.9. The summed E-state index contributed by atoms with van der Waals surface area (Å²) in [6.45, 7) is 7.72. The van der Waals surface area contributed by atoms with E-state index in [1.54, 1.807) is 10.9 Å². The molecule has 0 aliphatic heterocycles. The molecule has 0 amide bonds. The lowest BCUT2D eigenvalue weighted by Crippen LogP contribution is -2.22. The SMILES string of the molecule is C[Si](C)(C)CCOCn1nc(C2CC2)c2cc(OCc3c(F)ccc(N)c3F)cnc21. The first-order chi connectivity index (χ1) is 14.7. The number of benzene rings is 1. The predicted octanol–water partition coefficient (Wildman–Crippen LogP) is 5.06. The highest BCUT2D eigenvalue weighted by Gasteiger charge is 2.30. The van der Waals surface area contributed by atoms with Crippen molar-refractivity contribution in [3.05, 3.63) is 47.3 Å². The van der Waals surface area contributed by atoms with Crippen LogP contribution in [-0.4, -0.2) is 29.4 Å². The molecule has 9 heteroatoms. The maximum Gasteiger partial charge on any atom is 0.160 e. The third kappa shape index (κ3) is 5.04. The average molecular weight is 447 g/mol. The highest BCUT2D eigenvalue weighted by Crippen LogP contribution is 2.42. The second kappa shape index (κ2) is 8.55. The zero-order valence-electron chi connectivity index (χ0n) is 18.1. The summed E-state index contributed by atoms with van der Waals surface area (Å²) in [6, 6.07) is 5.26. The lowest BCUT2D eigenvalue weighted by Gasteiger charge is -2.15. The van der Waals surface area contributed by atoms with Crippen molar-refractivity contribution in [1.82, 2.24) is 14.8 Å². The lowest BCUT2D eigenvalue weighted by atomic mass is 10.2. The van der Waals surface area contributed by atoms with Crippen molar-refractivity contribution in [2.45, 2.75) is 57.8 Å². The van der Waals surface area contributed by atoms with Crippen LogP contribution in [0.5, 0.6) is 5.75 Å². The molecule has 0 radical (unpaired) electrons. The number of nitrogen functional groups attached to an aromatic ring is 1. The van der Waals surface area contributed by atoms with E-state index in [4.69, 9.17) is 20.3 Å². The van der Waals surface area contributed by atoms with Gasteiger partial charge in [0.05, 0.1) is 23.1 Å². The zero-order chi connectivity index (χ0) is 22.2. The van der Waals surface area contributed by atoms with Gasteiger partial charge in [0.1, 0.15) is 24.9 Å². The summed E-state index contributed by atoms with van der Waals surface area (Å²) >= 11 is 0. The van der Waals surface area contributed by atoms with Crippen LogP contribution in [0.4, 0.5) is 14.5 Å². The Morgan fingerprint density at radius 2 is 2.00 bits per heavy atom. The molecule has 1 fully saturated rings. The van der Waals surface area contributed by atoms with E-state index < -0.39 is 19.7 Å². The van der Waals surface area contributed by atoms with Crippen LogP contribution in [0.25, 0.3) is 11.0 Å². The van der Waals surface area contributed by atoms with Gasteiger partial charge in [0.15, 0.2) is 11.5 Å². The molecule has 166 valence electrons. The van der Waals surface area contributed by atoms with Crippen molar-refractivity contribution in [1.29, 1.82) is 0 Å². The van der Waals surface area contributed by atoms with E-state index in [1.165, 1.54) is 6.07 Å². The van der Waals surface area contributed by atoms with Crippen LogP contribution in [0.15, 0.2) is 24.4 Å². The van der Waals surface area contributed by atoms with Crippen LogP contribution in [0.1, 0.15) is 30.0 Å². The summed E-state index contributed by atoms with van der Waals surface area (Å²) in [7, 11) is -1.16. The Balaban J connectivity index is 1.52. The third-order valence-corrected chi connectivity index (χ3v) is 7.07. The van der Waals surface area contributed by atoms with Crippen LogP contribution < -0.4 is 10.5 Å². The fraction of sp³-hybridized carbons (Fsp3) is 0.455. The van der Waals surface area contributed by atoms with Gasteiger partial charge in [0, 0.05) is 26.0 Å². The average Bonchev–Trinajstić information content (AvgIpc) is 3.49. The van der Waals surface area contributed by atoms with Gasteiger partial charge >= 0.3 is 0 Å².